The van der Waals surface area contributed by atoms with Crippen LogP contribution in [0.4, 0.5) is 0 Å². The Balaban J connectivity index is 2.29. The van der Waals surface area contributed by atoms with Gasteiger partial charge in [0.15, 0.2) is 0 Å². The summed E-state index contributed by atoms with van der Waals surface area (Å²) in [5.41, 5.74) is 0.680. The van der Waals surface area contributed by atoms with E-state index < -0.39 is 16.1 Å². The number of aliphatic hydroxyl groups is 2. The van der Waals surface area contributed by atoms with Gasteiger partial charge in [0.2, 0.25) is 10.0 Å². The minimum Gasteiger partial charge on any atom is -0.395 e. The highest BCUT2D eigenvalue weighted by atomic mass is 32.2. The van der Waals surface area contributed by atoms with Gasteiger partial charge in [-0.3, -0.25) is 0 Å². The summed E-state index contributed by atoms with van der Waals surface area (Å²) < 4.78 is 26.2. The van der Waals surface area contributed by atoms with E-state index in [1.165, 1.54) is 16.4 Å². The maximum absolute atomic E-state index is 12.4. The zero-order valence-corrected chi connectivity index (χ0v) is 11.7. The summed E-state index contributed by atoms with van der Waals surface area (Å²) in [6.07, 6.45) is 0.853. The maximum atomic E-state index is 12.4. The largest absolute Gasteiger partial charge is 0.395 e. The lowest BCUT2D eigenvalue weighted by Crippen LogP contribution is -2.37. The first-order valence-electron chi connectivity index (χ1n) is 6.37. The van der Waals surface area contributed by atoms with E-state index in [2.05, 4.69) is 0 Å². The Morgan fingerprint density at radius 1 is 1.37 bits per heavy atom. The van der Waals surface area contributed by atoms with Crippen LogP contribution < -0.4 is 0 Å². The fourth-order valence-corrected chi connectivity index (χ4v) is 4.05. The molecule has 2 atom stereocenters. The molecule has 2 N–H and O–H groups in total. The van der Waals surface area contributed by atoms with Gasteiger partial charge in [-0.05, 0) is 37.5 Å². The molecule has 2 unspecified atom stereocenters. The van der Waals surface area contributed by atoms with Gasteiger partial charge in [0.05, 0.1) is 17.6 Å². The fraction of sp³-hybridized carbons (Fsp3) is 0.538. The molecule has 6 heteroatoms. The lowest BCUT2D eigenvalue weighted by atomic mass is 10.1. The summed E-state index contributed by atoms with van der Waals surface area (Å²) in [7, 11) is -3.55. The van der Waals surface area contributed by atoms with Gasteiger partial charge in [0.1, 0.15) is 0 Å². The third kappa shape index (κ3) is 2.81. The average molecular weight is 285 g/mol. The number of hydrogen-bond acceptors (Lipinski definition) is 4. The van der Waals surface area contributed by atoms with Crippen LogP contribution in [-0.2, 0) is 10.0 Å². The molecule has 2 rings (SSSR count). The molecule has 1 aromatic carbocycles. The molecule has 0 saturated carbocycles. The van der Waals surface area contributed by atoms with Gasteiger partial charge < -0.3 is 10.2 Å². The zero-order chi connectivity index (χ0) is 14.0. The Morgan fingerprint density at radius 2 is 2.00 bits per heavy atom. The highest BCUT2D eigenvalue weighted by Crippen LogP contribution is 2.26. The van der Waals surface area contributed by atoms with Gasteiger partial charge in [-0.15, -0.1) is 0 Å². The van der Waals surface area contributed by atoms with Gasteiger partial charge in [-0.1, -0.05) is 12.1 Å². The van der Waals surface area contributed by atoms with E-state index in [9.17, 15) is 18.6 Å². The van der Waals surface area contributed by atoms with Crippen LogP contribution in [-0.4, -0.2) is 42.1 Å². The van der Waals surface area contributed by atoms with Crippen LogP contribution in [0.15, 0.2) is 29.2 Å². The number of benzene rings is 1. The minimum absolute atomic E-state index is 0.148. The van der Waals surface area contributed by atoms with Gasteiger partial charge in [-0.25, -0.2) is 8.42 Å². The number of hydrogen-bond donors (Lipinski definition) is 2. The van der Waals surface area contributed by atoms with Gasteiger partial charge in [0.25, 0.3) is 0 Å². The molecular formula is C13H19NO4S. The molecule has 0 spiro atoms. The summed E-state index contributed by atoms with van der Waals surface area (Å²) in [6, 6.07) is 5.92. The van der Waals surface area contributed by atoms with Crippen LogP contribution in [0.1, 0.15) is 31.4 Å². The summed E-state index contributed by atoms with van der Waals surface area (Å²) >= 11 is 0. The van der Waals surface area contributed by atoms with Crippen molar-refractivity contribution in [2.75, 3.05) is 13.2 Å². The summed E-state index contributed by atoms with van der Waals surface area (Å²) in [6.45, 7) is 1.93. The highest BCUT2D eigenvalue weighted by molar-refractivity contribution is 7.89. The van der Waals surface area contributed by atoms with Gasteiger partial charge >= 0.3 is 0 Å². The lowest BCUT2D eigenvalue weighted by Gasteiger charge is -2.22. The highest BCUT2D eigenvalue weighted by Gasteiger charge is 2.34. The second-order valence-electron chi connectivity index (χ2n) is 4.84. The van der Waals surface area contributed by atoms with E-state index in [1.807, 2.05) is 0 Å². The van der Waals surface area contributed by atoms with Gasteiger partial charge in [-0.2, -0.15) is 4.31 Å². The first kappa shape index (κ1) is 14.5. The Labute approximate surface area is 113 Å². The topological polar surface area (TPSA) is 77.8 Å². The molecule has 1 heterocycles. The standard InChI is InChI=1S/C13H19NO4S/c1-10(16)11-4-6-13(7-5-11)19(17,18)14-8-2-3-12(14)9-15/h4-7,10,12,15-16H,2-3,8-9H2,1H3. The van der Waals surface area contributed by atoms with Crippen molar-refractivity contribution >= 4 is 10.0 Å². The molecule has 1 aromatic rings. The summed E-state index contributed by atoms with van der Waals surface area (Å²) in [5.74, 6) is 0. The molecule has 1 aliphatic heterocycles. The van der Waals surface area contributed by atoms with E-state index in [-0.39, 0.29) is 17.5 Å². The predicted molar refractivity (Wildman–Crippen MR) is 71.1 cm³/mol. The smallest absolute Gasteiger partial charge is 0.243 e. The maximum Gasteiger partial charge on any atom is 0.243 e. The minimum atomic E-state index is -3.55. The van der Waals surface area contributed by atoms with E-state index in [4.69, 9.17) is 0 Å². The van der Waals surface area contributed by atoms with Gasteiger partial charge in [0, 0.05) is 12.6 Å². The molecule has 19 heavy (non-hydrogen) atoms. The zero-order valence-electron chi connectivity index (χ0n) is 10.9. The molecule has 0 amide bonds. The van der Waals surface area contributed by atoms with Crippen molar-refractivity contribution in [2.24, 2.45) is 0 Å². The fourth-order valence-electron chi connectivity index (χ4n) is 2.36. The third-order valence-corrected chi connectivity index (χ3v) is 5.47. The van der Waals surface area contributed by atoms with Crippen LogP contribution in [0.2, 0.25) is 0 Å². The molecule has 0 radical (unpaired) electrons. The molecule has 1 aliphatic rings. The van der Waals surface area contributed by atoms with Crippen LogP contribution in [0.5, 0.6) is 0 Å². The second-order valence-corrected chi connectivity index (χ2v) is 6.73. The van der Waals surface area contributed by atoms with Crippen LogP contribution in [0.3, 0.4) is 0 Å². The Bertz CT molecular complexity index is 524. The Morgan fingerprint density at radius 3 is 2.53 bits per heavy atom. The lowest BCUT2D eigenvalue weighted by molar-refractivity contribution is 0.199. The van der Waals surface area contributed by atoms with Crippen LogP contribution in [0, 0.1) is 0 Å². The number of rotatable bonds is 4. The number of aliphatic hydroxyl groups excluding tert-OH is 2. The quantitative estimate of drug-likeness (QED) is 0.861. The average Bonchev–Trinajstić information content (AvgIpc) is 2.87. The molecule has 0 aromatic heterocycles. The van der Waals surface area contributed by atoms with E-state index in [0.29, 0.717) is 18.5 Å². The van der Waals surface area contributed by atoms with Crippen molar-refractivity contribution in [3.05, 3.63) is 29.8 Å². The predicted octanol–water partition coefficient (Wildman–Crippen LogP) is 0.885. The Hall–Kier alpha value is -0.950. The van der Waals surface area contributed by atoms with Crippen molar-refractivity contribution in [2.45, 2.75) is 36.8 Å². The van der Waals surface area contributed by atoms with Crippen molar-refractivity contribution in [1.29, 1.82) is 0 Å². The molecule has 5 nitrogen and oxygen atoms in total. The molecule has 0 bridgehead atoms. The van der Waals surface area contributed by atoms with E-state index >= 15 is 0 Å². The van der Waals surface area contributed by atoms with E-state index in [1.54, 1.807) is 19.1 Å². The molecule has 106 valence electrons. The summed E-state index contributed by atoms with van der Waals surface area (Å²) in [5, 5.41) is 18.6. The normalized spacial score (nSPS) is 22.6. The molecule has 0 aliphatic carbocycles. The first-order valence-corrected chi connectivity index (χ1v) is 7.81. The molecule has 1 fully saturated rings. The van der Waals surface area contributed by atoms with Crippen LogP contribution in [0.25, 0.3) is 0 Å². The monoisotopic (exact) mass is 285 g/mol. The van der Waals surface area contributed by atoms with Crippen molar-refractivity contribution in [1.82, 2.24) is 4.31 Å². The van der Waals surface area contributed by atoms with Crippen molar-refractivity contribution < 1.29 is 18.6 Å². The number of nitrogens with zero attached hydrogens (tertiary/aromatic N) is 1. The summed E-state index contributed by atoms with van der Waals surface area (Å²) in [4.78, 5) is 0.206. The first-order chi connectivity index (χ1) is 8.96. The second kappa shape index (κ2) is 5.58. The SMILES string of the molecule is CC(O)c1ccc(S(=O)(=O)N2CCCC2CO)cc1. The van der Waals surface area contributed by atoms with Crippen molar-refractivity contribution in [3.8, 4) is 0 Å². The van der Waals surface area contributed by atoms with E-state index in [0.717, 1.165) is 6.42 Å². The van der Waals surface area contributed by atoms with Crippen LogP contribution >= 0.6 is 0 Å². The van der Waals surface area contributed by atoms with Crippen molar-refractivity contribution in [3.63, 3.8) is 0 Å². The Kier molecular flexibility index (Phi) is 4.25. The number of sulfonamides is 1. The molecular weight excluding hydrogens is 266 g/mol. The third-order valence-electron chi connectivity index (χ3n) is 3.50. The molecule has 1 saturated heterocycles.